The van der Waals surface area contributed by atoms with Gasteiger partial charge in [0.1, 0.15) is 5.69 Å². The summed E-state index contributed by atoms with van der Waals surface area (Å²) in [7, 11) is 0. The molecule has 0 aliphatic carbocycles. The predicted molar refractivity (Wildman–Crippen MR) is 48.1 cm³/mol. The van der Waals surface area contributed by atoms with Gasteiger partial charge in [-0.25, -0.2) is 0 Å². The zero-order chi connectivity index (χ0) is 8.39. The van der Waals surface area contributed by atoms with Crippen LogP contribution in [-0.2, 0) is 6.42 Å². The number of aliphatic imine (C=N–C) groups is 1. The Kier molecular flexibility index (Phi) is 1.70. The Morgan fingerprint density at radius 1 is 1.42 bits per heavy atom. The van der Waals surface area contributed by atoms with Crippen molar-refractivity contribution in [3.8, 4) is 0 Å². The third-order valence-corrected chi connectivity index (χ3v) is 1.97. The van der Waals surface area contributed by atoms with Gasteiger partial charge in [0, 0.05) is 12.8 Å². The molecule has 1 aliphatic rings. The minimum absolute atomic E-state index is 0.504. The molecule has 2 rings (SSSR count). The monoisotopic (exact) mass is 160 g/mol. The van der Waals surface area contributed by atoms with Crippen molar-refractivity contribution >= 4 is 11.9 Å². The number of hydrogen-bond acceptors (Lipinski definition) is 3. The average Bonchev–Trinajstić information content (AvgIpc) is 2.17. The van der Waals surface area contributed by atoms with Crippen LogP contribution in [0.15, 0.2) is 28.4 Å². The van der Waals surface area contributed by atoms with Crippen LogP contribution in [-0.4, -0.2) is 12.8 Å². The fraction of sp³-hybridized carbons (Fsp3) is 0.222. The number of nitrogens with zero attached hydrogens (tertiary/aromatic N) is 2. The Balaban J connectivity index is 2.50. The molecule has 0 saturated heterocycles. The number of nitroso groups, excluding NO2 is 1. The van der Waals surface area contributed by atoms with E-state index in [0.29, 0.717) is 5.69 Å². The lowest BCUT2D eigenvalue weighted by Crippen LogP contribution is -2.01. The summed E-state index contributed by atoms with van der Waals surface area (Å²) in [6.45, 7) is 0.815. The second-order valence-corrected chi connectivity index (χ2v) is 2.76. The first-order valence-corrected chi connectivity index (χ1v) is 3.86. The third kappa shape index (κ3) is 1.13. The summed E-state index contributed by atoms with van der Waals surface area (Å²) in [4.78, 5) is 14.3. The van der Waals surface area contributed by atoms with Crippen molar-refractivity contribution in [2.24, 2.45) is 10.2 Å². The van der Waals surface area contributed by atoms with Gasteiger partial charge in [-0.1, -0.05) is 6.07 Å². The molecule has 0 fully saturated rings. The van der Waals surface area contributed by atoms with Crippen LogP contribution in [0.5, 0.6) is 0 Å². The van der Waals surface area contributed by atoms with E-state index in [1.807, 2.05) is 18.3 Å². The van der Waals surface area contributed by atoms with Gasteiger partial charge < -0.3 is 0 Å². The molecule has 0 amide bonds. The first-order valence-electron chi connectivity index (χ1n) is 3.86. The minimum atomic E-state index is 0.504. The molecule has 0 bridgehead atoms. The Labute approximate surface area is 70.1 Å². The predicted octanol–water partition coefficient (Wildman–Crippen LogP) is 2.06. The molecule has 3 heteroatoms. The molecule has 0 aromatic heterocycles. The highest BCUT2D eigenvalue weighted by atomic mass is 16.3. The number of fused-ring (bicyclic) bond motifs is 1. The van der Waals surface area contributed by atoms with Gasteiger partial charge in [0.25, 0.3) is 0 Å². The number of benzene rings is 1. The van der Waals surface area contributed by atoms with E-state index in [-0.39, 0.29) is 0 Å². The maximum absolute atomic E-state index is 10.2. The Hall–Kier alpha value is -1.51. The lowest BCUT2D eigenvalue weighted by atomic mass is 10.0. The van der Waals surface area contributed by atoms with Crippen LogP contribution >= 0.6 is 0 Å². The summed E-state index contributed by atoms with van der Waals surface area (Å²) in [6.07, 6.45) is 2.75. The molecule has 0 spiro atoms. The Morgan fingerprint density at radius 2 is 2.33 bits per heavy atom. The zero-order valence-electron chi connectivity index (χ0n) is 6.53. The molecule has 0 radical (unpaired) electrons. The molecule has 0 saturated carbocycles. The summed E-state index contributed by atoms with van der Waals surface area (Å²) >= 11 is 0. The average molecular weight is 160 g/mol. The maximum Gasteiger partial charge on any atom is 0.108 e. The van der Waals surface area contributed by atoms with E-state index in [9.17, 15) is 4.91 Å². The van der Waals surface area contributed by atoms with Crippen LogP contribution in [0.2, 0.25) is 0 Å². The topological polar surface area (TPSA) is 41.8 Å². The van der Waals surface area contributed by atoms with E-state index in [1.54, 1.807) is 6.07 Å². The fourth-order valence-electron chi connectivity index (χ4n) is 1.34. The van der Waals surface area contributed by atoms with Gasteiger partial charge in [0.2, 0.25) is 0 Å². The van der Waals surface area contributed by atoms with E-state index in [1.165, 1.54) is 5.56 Å². The van der Waals surface area contributed by atoms with Crippen molar-refractivity contribution in [1.82, 2.24) is 0 Å². The van der Waals surface area contributed by atoms with Gasteiger partial charge in [-0.2, -0.15) is 0 Å². The standard InChI is InChI=1S/C9H8N2O/c12-11-9-2-1-8-6-10-4-3-7(8)5-9/h1-2,5-6H,3-4H2. The molecule has 0 N–H and O–H groups in total. The molecule has 3 nitrogen and oxygen atoms in total. The quantitative estimate of drug-likeness (QED) is 0.580. The molecule has 1 aromatic rings. The highest BCUT2D eigenvalue weighted by molar-refractivity contribution is 5.83. The van der Waals surface area contributed by atoms with Gasteiger partial charge in [-0.3, -0.25) is 4.99 Å². The minimum Gasteiger partial charge on any atom is -0.292 e. The molecule has 1 aromatic carbocycles. The van der Waals surface area contributed by atoms with Gasteiger partial charge in [-0.15, -0.1) is 4.91 Å². The number of hydrogen-bond donors (Lipinski definition) is 0. The normalized spacial score (nSPS) is 14.0. The van der Waals surface area contributed by atoms with Crippen LogP contribution in [0.25, 0.3) is 0 Å². The number of rotatable bonds is 1. The highest BCUT2D eigenvalue weighted by Crippen LogP contribution is 2.19. The van der Waals surface area contributed by atoms with Crippen molar-refractivity contribution in [3.63, 3.8) is 0 Å². The van der Waals surface area contributed by atoms with Crippen LogP contribution < -0.4 is 0 Å². The van der Waals surface area contributed by atoms with Gasteiger partial charge in [0.15, 0.2) is 0 Å². The van der Waals surface area contributed by atoms with E-state index in [4.69, 9.17) is 0 Å². The third-order valence-electron chi connectivity index (χ3n) is 1.97. The molecule has 1 aliphatic heterocycles. The fourth-order valence-corrected chi connectivity index (χ4v) is 1.34. The first-order chi connectivity index (χ1) is 5.90. The maximum atomic E-state index is 10.2. The molecule has 0 unspecified atom stereocenters. The van der Waals surface area contributed by atoms with Gasteiger partial charge >= 0.3 is 0 Å². The summed E-state index contributed by atoms with van der Waals surface area (Å²) < 4.78 is 0. The summed E-state index contributed by atoms with van der Waals surface area (Å²) in [5.41, 5.74) is 2.78. The second kappa shape index (κ2) is 2.85. The second-order valence-electron chi connectivity index (χ2n) is 2.76. The van der Waals surface area contributed by atoms with Crippen LogP contribution in [0.3, 0.4) is 0 Å². The van der Waals surface area contributed by atoms with Crippen LogP contribution in [0.1, 0.15) is 11.1 Å². The molecular weight excluding hydrogens is 152 g/mol. The van der Waals surface area contributed by atoms with Crippen molar-refractivity contribution in [2.45, 2.75) is 6.42 Å². The molecule has 0 atom stereocenters. The van der Waals surface area contributed by atoms with Gasteiger partial charge in [-0.05, 0) is 34.9 Å². The SMILES string of the molecule is O=Nc1ccc2c(c1)CCN=C2. The van der Waals surface area contributed by atoms with E-state index >= 15 is 0 Å². The van der Waals surface area contributed by atoms with Crippen molar-refractivity contribution in [3.05, 3.63) is 34.2 Å². The van der Waals surface area contributed by atoms with Crippen molar-refractivity contribution in [1.29, 1.82) is 0 Å². The first kappa shape index (κ1) is 7.16. The van der Waals surface area contributed by atoms with Crippen LogP contribution in [0, 0.1) is 4.91 Å². The Morgan fingerprint density at radius 3 is 3.17 bits per heavy atom. The highest BCUT2D eigenvalue weighted by Gasteiger charge is 2.05. The lowest BCUT2D eigenvalue weighted by molar-refractivity contribution is 0.952. The van der Waals surface area contributed by atoms with E-state index < -0.39 is 0 Å². The lowest BCUT2D eigenvalue weighted by Gasteiger charge is -2.08. The van der Waals surface area contributed by atoms with Crippen LogP contribution in [0.4, 0.5) is 5.69 Å². The van der Waals surface area contributed by atoms with Crippen molar-refractivity contribution in [2.75, 3.05) is 6.54 Å². The molecule has 1 heterocycles. The molecule has 12 heavy (non-hydrogen) atoms. The zero-order valence-corrected chi connectivity index (χ0v) is 6.53. The van der Waals surface area contributed by atoms with Crippen molar-refractivity contribution < 1.29 is 0 Å². The molecular formula is C9H8N2O. The largest absolute Gasteiger partial charge is 0.292 e. The smallest absolute Gasteiger partial charge is 0.108 e. The van der Waals surface area contributed by atoms with E-state index in [2.05, 4.69) is 10.2 Å². The summed E-state index contributed by atoms with van der Waals surface area (Å²) in [5, 5.41) is 2.88. The molecule has 60 valence electrons. The van der Waals surface area contributed by atoms with Gasteiger partial charge in [0.05, 0.1) is 0 Å². The summed E-state index contributed by atoms with van der Waals surface area (Å²) in [5.74, 6) is 0. The summed E-state index contributed by atoms with van der Waals surface area (Å²) in [6, 6.07) is 5.42. The Bertz CT molecular complexity index is 344. The van der Waals surface area contributed by atoms with E-state index in [0.717, 1.165) is 18.5 Å².